The van der Waals surface area contributed by atoms with Gasteiger partial charge in [-0.2, -0.15) is 0 Å². The van der Waals surface area contributed by atoms with Crippen LogP contribution in [-0.2, 0) is 0 Å². The maximum atomic E-state index is 13.7. The van der Waals surface area contributed by atoms with Crippen LogP contribution in [0.1, 0.15) is 54.3 Å². The van der Waals surface area contributed by atoms with Crippen LogP contribution < -0.4 is 15.5 Å². The van der Waals surface area contributed by atoms with Crippen LogP contribution in [0.4, 0.5) is 10.1 Å². The molecule has 230 valence electrons. The van der Waals surface area contributed by atoms with Crippen molar-refractivity contribution in [2.45, 2.75) is 39.7 Å². The van der Waals surface area contributed by atoms with Gasteiger partial charge in [0.2, 0.25) is 0 Å². The van der Waals surface area contributed by atoms with Crippen LogP contribution in [0.15, 0.2) is 65.1 Å². The second kappa shape index (κ2) is 12.1. The number of rotatable bonds is 9. The third kappa shape index (κ3) is 5.05. The van der Waals surface area contributed by atoms with Crippen LogP contribution in [0.2, 0.25) is 0 Å². The Bertz CT molecular complexity index is 1690. The Labute approximate surface area is 257 Å². The molecule has 2 fully saturated rings. The molecule has 4 aromatic rings. The molecule has 6 rings (SSSR count). The third-order valence-corrected chi connectivity index (χ3v) is 10.1. The molecule has 8 heteroatoms. The number of fused-ring (bicyclic) bond motifs is 3. The molecule has 0 saturated heterocycles. The summed E-state index contributed by atoms with van der Waals surface area (Å²) in [5, 5.41) is 16.8. The summed E-state index contributed by atoms with van der Waals surface area (Å²) in [6, 6.07) is 17.4. The second-order valence-corrected chi connectivity index (χ2v) is 12.1. The molecule has 44 heavy (non-hydrogen) atoms. The molecule has 7 nitrogen and oxygen atoms in total. The van der Waals surface area contributed by atoms with Crippen LogP contribution in [-0.4, -0.2) is 49.7 Å². The molecule has 3 aromatic carbocycles. The highest BCUT2D eigenvalue weighted by molar-refractivity contribution is 6.13. The van der Waals surface area contributed by atoms with E-state index in [1.807, 2.05) is 36.4 Å². The van der Waals surface area contributed by atoms with Crippen molar-refractivity contribution in [3.05, 3.63) is 77.6 Å². The van der Waals surface area contributed by atoms with E-state index in [1.54, 1.807) is 19.2 Å². The Balaban J connectivity index is 1.44. The highest BCUT2D eigenvalue weighted by atomic mass is 19.1. The number of carbonyl (C=O) groups is 2. The normalized spacial score (nSPS) is 22.4. The number of aliphatic hydroxyl groups excluding tert-OH is 1. The Morgan fingerprint density at radius 1 is 0.977 bits per heavy atom. The number of halogens is 1. The lowest BCUT2D eigenvalue weighted by Crippen LogP contribution is -2.45. The van der Waals surface area contributed by atoms with Crippen molar-refractivity contribution in [2.24, 2.45) is 23.7 Å². The van der Waals surface area contributed by atoms with Crippen molar-refractivity contribution in [2.75, 3.05) is 31.6 Å². The maximum Gasteiger partial charge on any atom is 0.255 e. The summed E-state index contributed by atoms with van der Waals surface area (Å²) >= 11 is 0. The Morgan fingerprint density at radius 2 is 1.70 bits per heavy atom. The average Bonchev–Trinajstić information content (AvgIpc) is 3.68. The van der Waals surface area contributed by atoms with E-state index in [1.165, 1.54) is 12.1 Å². The molecule has 0 radical (unpaired) electrons. The molecule has 3 N–H and O–H groups in total. The zero-order valence-corrected chi connectivity index (χ0v) is 25.7. The highest BCUT2D eigenvalue weighted by Crippen LogP contribution is 2.52. The van der Waals surface area contributed by atoms with Gasteiger partial charge in [0.15, 0.2) is 0 Å². The van der Waals surface area contributed by atoms with Gasteiger partial charge in [0.05, 0.1) is 5.56 Å². The number of benzene rings is 3. The first-order valence-electron chi connectivity index (χ1n) is 15.6. The fourth-order valence-electron chi connectivity index (χ4n) is 7.79. The van der Waals surface area contributed by atoms with Crippen molar-refractivity contribution < 1.29 is 23.5 Å². The zero-order chi connectivity index (χ0) is 31.1. The third-order valence-electron chi connectivity index (χ3n) is 10.1. The topological polar surface area (TPSA) is 94.8 Å². The molecule has 2 bridgehead atoms. The number of anilines is 1. The van der Waals surface area contributed by atoms with E-state index in [0.717, 1.165) is 42.7 Å². The van der Waals surface area contributed by atoms with Crippen LogP contribution in [0.25, 0.3) is 33.4 Å². The standard InChI is InChI=1S/C36H40FN3O4/c1-5-40(6-2)30-18-31-28(32(36(43)38-4)34(44-31)21-10-12-24(37)13-11-21)17-27(30)22-8-7-9-23(16-22)35(42)39-33-26-15-14-25(20(26)3)29(33)19-41/h7-13,16-18,20,25-26,29,33,41H,5-6,14-15,19H2,1-4H3,(H,38,43)(H,39,42). The van der Waals surface area contributed by atoms with Crippen LogP contribution in [0.3, 0.4) is 0 Å². The predicted octanol–water partition coefficient (Wildman–Crippen LogP) is 6.49. The summed E-state index contributed by atoms with van der Waals surface area (Å²) in [7, 11) is 1.57. The average molecular weight is 598 g/mol. The van der Waals surface area contributed by atoms with Gasteiger partial charge in [0.1, 0.15) is 17.2 Å². The van der Waals surface area contributed by atoms with Crippen LogP contribution >= 0.6 is 0 Å². The Kier molecular flexibility index (Phi) is 8.20. The first kappa shape index (κ1) is 29.9. The Morgan fingerprint density at radius 3 is 2.39 bits per heavy atom. The highest BCUT2D eigenvalue weighted by Gasteiger charge is 2.52. The smallest absolute Gasteiger partial charge is 0.255 e. The minimum Gasteiger partial charge on any atom is -0.455 e. The molecule has 0 spiro atoms. The van der Waals surface area contributed by atoms with E-state index >= 15 is 0 Å². The van der Waals surface area contributed by atoms with Crippen molar-refractivity contribution in [1.82, 2.24) is 10.6 Å². The number of amides is 2. The van der Waals surface area contributed by atoms with Gasteiger partial charge >= 0.3 is 0 Å². The SMILES string of the molecule is CCN(CC)c1cc2oc(-c3ccc(F)cc3)c(C(=O)NC)c2cc1-c1cccc(C(=O)NC2C3CCC(C3C)C2CO)c1. The number of hydrogen-bond acceptors (Lipinski definition) is 5. The monoisotopic (exact) mass is 597 g/mol. The van der Waals surface area contributed by atoms with Gasteiger partial charge in [-0.25, -0.2) is 4.39 Å². The fraction of sp³-hybridized carbons (Fsp3) is 0.389. The maximum absolute atomic E-state index is 13.7. The molecule has 2 aliphatic rings. The van der Waals surface area contributed by atoms with Gasteiger partial charge in [0.25, 0.3) is 11.8 Å². The summed E-state index contributed by atoms with van der Waals surface area (Å²) in [6.45, 7) is 7.98. The van der Waals surface area contributed by atoms with Gasteiger partial charge in [-0.1, -0.05) is 19.1 Å². The lowest BCUT2D eigenvalue weighted by molar-refractivity contribution is 0.0861. The first-order chi connectivity index (χ1) is 21.3. The van der Waals surface area contributed by atoms with E-state index in [2.05, 4.69) is 36.3 Å². The van der Waals surface area contributed by atoms with E-state index in [4.69, 9.17) is 4.42 Å². The number of aliphatic hydroxyl groups is 1. The van der Waals surface area contributed by atoms with Gasteiger partial charge in [-0.3, -0.25) is 9.59 Å². The summed E-state index contributed by atoms with van der Waals surface area (Å²) < 4.78 is 20.0. The molecule has 2 aliphatic carbocycles. The van der Waals surface area contributed by atoms with Gasteiger partial charge in [0, 0.05) is 72.5 Å². The lowest BCUT2D eigenvalue weighted by Gasteiger charge is -2.30. The zero-order valence-electron chi connectivity index (χ0n) is 25.7. The lowest BCUT2D eigenvalue weighted by atomic mass is 9.84. The molecular weight excluding hydrogens is 557 g/mol. The van der Waals surface area contributed by atoms with E-state index < -0.39 is 0 Å². The number of carbonyl (C=O) groups excluding carboxylic acids is 2. The molecule has 5 unspecified atom stereocenters. The Hall–Kier alpha value is -4.17. The molecular formula is C36H40FN3O4. The molecule has 1 heterocycles. The first-order valence-corrected chi connectivity index (χ1v) is 15.6. The number of hydrogen-bond donors (Lipinski definition) is 3. The second-order valence-electron chi connectivity index (χ2n) is 12.1. The summed E-state index contributed by atoms with van der Waals surface area (Å²) in [5.41, 5.74) is 4.69. The number of furan rings is 1. The van der Waals surface area contributed by atoms with Gasteiger partial charge < -0.3 is 25.1 Å². The van der Waals surface area contributed by atoms with Crippen LogP contribution in [0, 0.1) is 29.5 Å². The van der Waals surface area contributed by atoms with E-state index in [0.29, 0.717) is 51.2 Å². The molecule has 0 aliphatic heterocycles. The summed E-state index contributed by atoms with van der Waals surface area (Å²) in [4.78, 5) is 29.1. The quantitative estimate of drug-likeness (QED) is 0.205. The van der Waals surface area contributed by atoms with E-state index in [-0.39, 0.29) is 36.2 Å². The van der Waals surface area contributed by atoms with Crippen molar-refractivity contribution >= 4 is 28.5 Å². The van der Waals surface area contributed by atoms with Crippen molar-refractivity contribution in [3.8, 4) is 22.5 Å². The van der Waals surface area contributed by atoms with Gasteiger partial charge in [-0.05, 0) is 92.5 Å². The molecule has 2 saturated carbocycles. The van der Waals surface area contributed by atoms with E-state index in [9.17, 15) is 19.1 Å². The predicted molar refractivity (Wildman–Crippen MR) is 171 cm³/mol. The van der Waals surface area contributed by atoms with Gasteiger partial charge in [-0.15, -0.1) is 0 Å². The van der Waals surface area contributed by atoms with Crippen molar-refractivity contribution in [1.29, 1.82) is 0 Å². The minimum atomic E-state index is -0.372. The fourth-order valence-corrected chi connectivity index (χ4v) is 7.79. The molecule has 2 amide bonds. The number of nitrogens with one attached hydrogen (secondary N) is 2. The number of nitrogens with zero attached hydrogens (tertiary/aromatic N) is 1. The summed E-state index contributed by atoms with van der Waals surface area (Å²) in [5.74, 6) is 0.972. The summed E-state index contributed by atoms with van der Waals surface area (Å²) in [6.07, 6.45) is 2.20. The molecule has 5 atom stereocenters. The minimum absolute atomic E-state index is 0.0292. The van der Waals surface area contributed by atoms with Crippen molar-refractivity contribution in [3.63, 3.8) is 0 Å². The van der Waals surface area contributed by atoms with Crippen LogP contribution in [0.5, 0.6) is 0 Å². The largest absolute Gasteiger partial charge is 0.455 e. The molecule has 1 aromatic heterocycles.